The largest absolute Gasteiger partial charge is 0.416 e. The van der Waals surface area contributed by atoms with Crippen LogP contribution in [0.15, 0.2) is 54.6 Å². The van der Waals surface area contributed by atoms with Crippen LogP contribution in [0.1, 0.15) is 47.3 Å². The molecule has 1 amide bonds. The first-order valence-electron chi connectivity index (χ1n) is 7.82. The first kappa shape index (κ1) is 18.7. The summed E-state index contributed by atoms with van der Waals surface area (Å²) in [5.41, 5.74) is 0.129. The molecule has 0 aliphatic carbocycles. The quantitative estimate of drug-likeness (QED) is 0.778. The first-order valence-corrected chi connectivity index (χ1v) is 7.82. The van der Waals surface area contributed by atoms with Gasteiger partial charge in [-0.05, 0) is 24.6 Å². The van der Waals surface area contributed by atoms with Gasteiger partial charge < -0.3 is 5.32 Å². The van der Waals surface area contributed by atoms with Gasteiger partial charge in [-0.3, -0.25) is 9.59 Å². The number of ketones is 1. The van der Waals surface area contributed by atoms with Crippen LogP contribution < -0.4 is 5.32 Å². The van der Waals surface area contributed by atoms with E-state index < -0.39 is 17.8 Å². The van der Waals surface area contributed by atoms with Crippen LogP contribution in [-0.2, 0) is 11.0 Å². The molecule has 0 aromatic heterocycles. The standard InChI is InChI=1S/C19H18F3NO2/c1-13(15-8-5-9-16(12-15)19(20,21)22)23-18(25)11-10-17(24)14-6-3-2-4-7-14/h2-9,12-13H,10-11H2,1H3,(H,23,25). The molecular weight excluding hydrogens is 331 g/mol. The highest BCUT2D eigenvalue weighted by Gasteiger charge is 2.30. The van der Waals surface area contributed by atoms with Crippen molar-refractivity contribution >= 4 is 11.7 Å². The predicted molar refractivity (Wildman–Crippen MR) is 88.0 cm³/mol. The third kappa shape index (κ3) is 5.45. The van der Waals surface area contributed by atoms with Crippen LogP contribution in [0.5, 0.6) is 0 Å². The zero-order valence-corrected chi connectivity index (χ0v) is 13.6. The first-order chi connectivity index (χ1) is 11.8. The summed E-state index contributed by atoms with van der Waals surface area (Å²) in [5, 5.41) is 2.62. The van der Waals surface area contributed by atoms with Crippen LogP contribution in [0.2, 0.25) is 0 Å². The summed E-state index contributed by atoms with van der Waals surface area (Å²) in [6, 6.07) is 12.9. The predicted octanol–water partition coefficient (Wildman–Crippen LogP) is 4.55. The number of benzene rings is 2. The minimum absolute atomic E-state index is 0.0168. The maximum atomic E-state index is 12.7. The van der Waals surface area contributed by atoms with Gasteiger partial charge in [-0.2, -0.15) is 13.2 Å². The second-order valence-electron chi connectivity index (χ2n) is 5.70. The Bertz CT molecular complexity index is 742. The molecule has 2 aromatic carbocycles. The van der Waals surface area contributed by atoms with Crippen LogP contribution in [0, 0.1) is 0 Å². The van der Waals surface area contributed by atoms with Gasteiger partial charge in [-0.1, -0.05) is 42.5 Å². The molecule has 2 rings (SSSR count). The summed E-state index contributed by atoms with van der Waals surface area (Å²) in [7, 11) is 0. The van der Waals surface area contributed by atoms with Crippen molar-refractivity contribution in [2.45, 2.75) is 32.0 Å². The Morgan fingerprint density at radius 1 is 1.00 bits per heavy atom. The van der Waals surface area contributed by atoms with E-state index in [-0.39, 0.29) is 24.5 Å². The van der Waals surface area contributed by atoms with E-state index in [1.165, 1.54) is 12.1 Å². The number of amides is 1. The fraction of sp³-hybridized carbons (Fsp3) is 0.263. The number of hydrogen-bond donors (Lipinski definition) is 1. The van der Waals surface area contributed by atoms with Gasteiger partial charge in [0.2, 0.25) is 5.91 Å². The monoisotopic (exact) mass is 349 g/mol. The summed E-state index contributed by atoms with van der Waals surface area (Å²) in [6.07, 6.45) is -4.40. The second kappa shape index (κ2) is 7.96. The maximum absolute atomic E-state index is 12.7. The fourth-order valence-electron chi connectivity index (χ4n) is 2.38. The molecule has 0 aliphatic heterocycles. The number of alkyl halides is 3. The molecule has 2 aromatic rings. The lowest BCUT2D eigenvalue weighted by Gasteiger charge is -2.16. The second-order valence-corrected chi connectivity index (χ2v) is 5.70. The van der Waals surface area contributed by atoms with Crippen LogP contribution in [0.3, 0.4) is 0 Å². The molecule has 0 spiro atoms. The lowest BCUT2D eigenvalue weighted by Crippen LogP contribution is -2.27. The molecule has 0 aliphatic rings. The van der Waals surface area contributed by atoms with E-state index in [1.807, 2.05) is 0 Å². The van der Waals surface area contributed by atoms with Gasteiger partial charge in [0.25, 0.3) is 0 Å². The number of nitrogens with one attached hydrogen (secondary N) is 1. The Kier molecular flexibility index (Phi) is 5.96. The third-order valence-electron chi connectivity index (χ3n) is 3.77. The molecule has 1 unspecified atom stereocenters. The average Bonchev–Trinajstić information content (AvgIpc) is 2.59. The van der Waals surface area contributed by atoms with Gasteiger partial charge in [0.1, 0.15) is 0 Å². The Morgan fingerprint density at radius 3 is 2.32 bits per heavy atom. The topological polar surface area (TPSA) is 46.2 Å². The van der Waals surface area contributed by atoms with Crippen molar-refractivity contribution in [3.8, 4) is 0 Å². The molecule has 0 saturated heterocycles. The van der Waals surface area contributed by atoms with Crippen molar-refractivity contribution < 1.29 is 22.8 Å². The molecule has 1 atom stereocenters. The Labute approximate surface area is 143 Å². The van der Waals surface area contributed by atoms with Crippen LogP contribution in [0.4, 0.5) is 13.2 Å². The molecule has 6 heteroatoms. The van der Waals surface area contributed by atoms with Gasteiger partial charge in [0.05, 0.1) is 11.6 Å². The number of Topliss-reactive ketones (excluding diaryl/α,β-unsaturated/α-hetero) is 1. The van der Waals surface area contributed by atoms with Gasteiger partial charge in [-0.25, -0.2) is 0 Å². The molecule has 0 bridgehead atoms. The maximum Gasteiger partial charge on any atom is 0.416 e. The molecule has 0 radical (unpaired) electrons. The highest BCUT2D eigenvalue weighted by atomic mass is 19.4. The molecule has 132 valence electrons. The Morgan fingerprint density at radius 2 is 1.68 bits per heavy atom. The van der Waals surface area contributed by atoms with Crippen molar-refractivity contribution in [3.05, 3.63) is 71.3 Å². The van der Waals surface area contributed by atoms with Crippen molar-refractivity contribution in [2.75, 3.05) is 0 Å². The minimum atomic E-state index is -4.43. The highest BCUT2D eigenvalue weighted by molar-refractivity contribution is 5.97. The molecular formula is C19H18F3NO2. The van der Waals surface area contributed by atoms with Crippen molar-refractivity contribution in [2.24, 2.45) is 0 Å². The summed E-state index contributed by atoms with van der Waals surface area (Å²) in [4.78, 5) is 23.9. The van der Waals surface area contributed by atoms with Gasteiger partial charge in [0.15, 0.2) is 5.78 Å². The number of rotatable bonds is 6. The number of hydrogen-bond acceptors (Lipinski definition) is 2. The number of carbonyl (C=O) groups excluding carboxylic acids is 2. The average molecular weight is 349 g/mol. The fourth-order valence-corrected chi connectivity index (χ4v) is 2.38. The van der Waals surface area contributed by atoms with E-state index in [2.05, 4.69) is 5.32 Å². The molecule has 0 saturated carbocycles. The molecule has 25 heavy (non-hydrogen) atoms. The van der Waals surface area contributed by atoms with Crippen molar-refractivity contribution in [3.63, 3.8) is 0 Å². The van der Waals surface area contributed by atoms with E-state index in [0.717, 1.165) is 12.1 Å². The lowest BCUT2D eigenvalue weighted by atomic mass is 10.0. The van der Waals surface area contributed by atoms with Crippen molar-refractivity contribution in [1.29, 1.82) is 0 Å². The molecule has 0 heterocycles. The Balaban J connectivity index is 1.91. The smallest absolute Gasteiger partial charge is 0.350 e. The Hall–Kier alpha value is -2.63. The van der Waals surface area contributed by atoms with Crippen LogP contribution in [-0.4, -0.2) is 11.7 Å². The van der Waals surface area contributed by atoms with Gasteiger partial charge in [0, 0.05) is 18.4 Å². The summed E-state index contributed by atoms with van der Waals surface area (Å²) < 4.78 is 38.2. The van der Waals surface area contributed by atoms with E-state index in [1.54, 1.807) is 37.3 Å². The summed E-state index contributed by atoms with van der Waals surface area (Å²) >= 11 is 0. The normalized spacial score (nSPS) is 12.5. The van der Waals surface area contributed by atoms with Crippen LogP contribution >= 0.6 is 0 Å². The summed E-state index contributed by atoms with van der Waals surface area (Å²) in [6.45, 7) is 1.60. The van der Waals surface area contributed by atoms with Gasteiger partial charge >= 0.3 is 6.18 Å². The SMILES string of the molecule is CC(NC(=O)CCC(=O)c1ccccc1)c1cccc(C(F)(F)F)c1. The van der Waals surface area contributed by atoms with E-state index in [9.17, 15) is 22.8 Å². The van der Waals surface area contributed by atoms with E-state index in [4.69, 9.17) is 0 Å². The van der Waals surface area contributed by atoms with Gasteiger partial charge in [-0.15, -0.1) is 0 Å². The van der Waals surface area contributed by atoms with E-state index >= 15 is 0 Å². The van der Waals surface area contributed by atoms with Crippen LogP contribution in [0.25, 0.3) is 0 Å². The molecule has 1 N–H and O–H groups in total. The summed E-state index contributed by atoms with van der Waals surface area (Å²) in [5.74, 6) is -0.531. The zero-order chi connectivity index (χ0) is 18.4. The number of halogens is 3. The number of carbonyl (C=O) groups is 2. The highest BCUT2D eigenvalue weighted by Crippen LogP contribution is 2.30. The third-order valence-corrected chi connectivity index (χ3v) is 3.77. The molecule has 3 nitrogen and oxygen atoms in total. The van der Waals surface area contributed by atoms with E-state index in [0.29, 0.717) is 11.1 Å². The lowest BCUT2D eigenvalue weighted by molar-refractivity contribution is -0.137. The van der Waals surface area contributed by atoms with Crippen molar-refractivity contribution in [1.82, 2.24) is 5.32 Å². The zero-order valence-electron chi connectivity index (χ0n) is 13.6. The molecule has 0 fully saturated rings. The minimum Gasteiger partial charge on any atom is -0.350 e.